The molecule has 0 saturated carbocycles. The lowest BCUT2D eigenvalue weighted by atomic mass is 10.3. The lowest BCUT2D eigenvalue weighted by molar-refractivity contribution is -0.143. The average molecular weight is 306 g/mol. The molecule has 0 aliphatic rings. The van der Waals surface area contributed by atoms with Gasteiger partial charge in [-0.3, -0.25) is 9.36 Å². The molecule has 0 rings (SSSR count). The second kappa shape index (κ2) is 12.4. The van der Waals surface area contributed by atoms with E-state index >= 15 is 0 Å². The molecule has 0 heterocycles. The summed E-state index contributed by atoms with van der Waals surface area (Å²) in [6.07, 6.45) is 7.21. The second-order valence-corrected chi connectivity index (χ2v) is 8.04. The number of carbonyl (C=O) groups excluding carboxylic acids is 1. The van der Waals surface area contributed by atoms with Crippen LogP contribution in [0.3, 0.4) is 0 Å². The van der Waals surface area contributed by atoms with Gasteiger partial charge in [-0.2, -0.15) is 0 Å². The van der Waals surface area contributed by atoms with Crippen molar-refractivity contribution in [2.75, 3.05) is 25.5 Å². The third-order valence-electron chi connectivity index (χ3n) is 3.22. The van der Waals surface area contributed by atoms with Crippen LogP contribution in [0, 0.1) is 0 Å². The van der Waals surface area contributed by atoms with Gasteiger partial charge in [0.15, 0.2) is 0 Å². The fourth-order valence-electron chi connectivity index (χ4n) is 1.77. The molecule has 4 nitrogen and oxygen atoms in total. The maximum Gasteiger partial charge on any atom is 0.306 e. The van der Waals surface area contributed by atoms with Crippen LogP contribution in [0.5, 0.6) is 0 Å². The predicted octanol–water partition coefficient (Wildman–Crippen LogP) is 4.61. The molecule has 1 unspecified atom stereocenters. The molecule has 0 radical (unpaired) electrons. The minimum atomic E-state index is -2.64. The topological polar surface area (TPSA) is 52.6 Å². The Morgan fingerprint density at radius 1 is 0.950 bits per heavy atom. The second-order valence-electron chi connectivity index (χ2n) is 5.07. The minimum Gasteiger partial charge on any atom is -0.466 e. The van der Waals surface area contributed by atoms with Crippen molar-refractivity contribution >= 4 is 13.3 Å². The van der Waals surface area contributed by atoms with Gasteiger partial charge < -0.3 is 9.26 Å². The van der Waals surface area contributed by atoms with Crippen LogP contribution in [0.1, 0.15) is 65.7 Å². The zero-order chi connectivity index (χ0) is 15.3. The maximum absolute atomic E-state index is 12.4. The third-order valence-corrected chi connectivity index (χ3v) is 5.75. The molecular formula is C15H31O4P. The average Bonchev–Trinajstić information content (AvgIpc) is 2.46. The molecule has 1 atom stereocenters. The number of ether oxygens (including phenoxy) is 1. The van der Waals surface area contributed by atoms with Crippen molar-refractivity contribution in [1.82, 2.24) is 0 Å². The first-order chi connectivity index (χ1) is 9.58. The molecular weight excluding hydrogens is 275 g/mol. The first kappa shape index (κ1) is 19.7. The number of hydrogen-bond donors (Lipinski definition) is 0. The summed E-state index contributed by atoms with van der Waals surface area (Å²) >= 11 is 0. The van der Waals surface area contributed by atoms with E-state index in [4.69, 9.17) is 9.26 Å². The van der Waals surface area contributed by atoms with Crippen molar-refractivity contribution < 1.29 is 18.6 Å². The number of esters is 1. The standard InChI is InChI=1S/C15H31O4P/c1-4-7-9-12-18-15(16)11-14-20(17,6-3)19-13-10-8-5-2/h4-14H2,1-3H3. The van der Waals surface area contributed by atoms with E-state index < -0.39 is 7.37 Å². The third kappa shape index (κ3) is 10.4. The first-order valence-corrected chi connectivity index (χ1v) is 9.95. The molecule has 20 heavy (non-hydrogen) atoms. The van der Waals surface area contributed by atoms with E-state index in [-0.39, 0.29) is 12.4 Å². The SMILES string of the molecule is CCCCCOC(=O)CCP(=O)(CC)OCCCCC. The van der Waals surface area contributed by atoms with Crippen LogP contribution in [0.2, 0.25) is 0 Å². The lowest BCUT2D eigenvalue weighted by Gasteiger charge is -2.16. The molecule has 0 aromatic heterocycles. The van der Waals surface area contributed by atoms with Gasteiger partial charge in [-0.05, 0) is 12.8 Å². The summed E-state index contributed by atoms with van der Waals surface area (Å²) in [4.78, 5) is 11.5. The highest BCUT2D eigenvalue weighted by molar-refractivity contribution is 7.58. The fourth-order valence-corrected chi connectivity index (χ4v) is 3.38. The Morgan fingerprint density at radius 3 is 2.10 bits per heavy atom. The summed E-state index contributed by atoms with van der Waals surface area (Å²) < 4.78 is 23.0. The molecule has 0 N–H and O–H groups in total. The van der Waals surface area contributed by atoms with E-state index in [1.807, 2.05) is 6.92 Å². The first-order valence-electron chi connectivity index (χ1n) is 7.96. The van der Waals surface area contributed by atoms with Crippen LogP contribution in [0.4, 0.5) is 0 Å². The molecule has 0 bridgehead atoms. The van der Waals surface area contributed by atoms with Gasteiger partial charge in [-0.25, -0.2) is 0 Å². The van der Waals surface area contributed by atoms with Gasteiger partial charge in [0.1, 0.15) is 0 Å². The molecule has 0 spiro atoms. The highest BCUT2D eigenvalue weighted by Gasteiger charge is 2.22. The molecule has 0 aromatic rings. The van der Waals surface area contributed by atoms with Gasteiger partial charge in [0.2, 0.25) is 7.37 Å². The van der Waals surface area contributed by atoms with Crippen LogP contribution in [0.15, 0.2) is 0 Å². The minimum absolute atomic E-state index is 0.199. The Morgan fingerprint density at radius 2 is 1.55 bits per heavy atom. The molecule has 5 heteroatoms. The zero-order valence-electron chi connectivity index (χ0n) is 13.4. The van der Waals surface area contributed by atoms with Gasteiger partial charge in [0.25, 0.3) is 0 Å². The monoisotopic (exact) mass is 306 g/mol. The van der Waals surface area contributed by atoms with E-state index in [0.29, 0.717) is 25.5 Å². The van der Waals surface area contributed by atoms with Crippen LogP contribution in [-0.4, -0.2) is 31.5 Å². The summed E-state index contributed by atoms with van der Waals surface area (Å²) in [5, 5.41) is 0. The Labute approximate surface area is 124 Å². The molecule has 0 fully saturated rings. The molecule has 120 valence electrons. The van der Waals surface area contributed by atoms with Crippen molar-refractivity contribution in [3.63, 3.8) is 0 Å². The summed E-state index contributed by atoms with van der Waals surface area (Å²) in [7, 11) is -2.64. The smallest absolute Gasteiger partial charge is 0.306 e. The maximum atomic E-state index is 12.4. The normalized spacial score (nSPS) is 13.9. The predicted molar refractivity (Wildman–Crippen MR) is 83.6 cm³/mol. The van der Waals surface area contributed by atoms with Gasteiger partial charge in [0, 0.05) is 12.3 Å². The van der Waals surface area contributed by atoms with Crippen LogP contribution >= 0.6 is 7.37 Å². The van der Waals surface area contributed by atoms with Gasteiger partial charge in [-0.1, -0.05) is 46.5 Å². The van der Waals surface area contributed by atoms with Crippen LogP contribution in [-0.2, 0) is 18.6 Å². The van der Waals surface area contributed by atoms with E-state index in [1.165, 1.54) is 0 Å². The molecule has 0 amide bonds. The van der Waals surface area contributed by atoms with Crippen molar-refractivity contribution in [3.05, 3.63) is 0 Å². The van der Waals surface area contributed by atoms with E-state index in [1.54, 1.807) is 0 Å². The van der Waals surface area contributed by atoms with Crippen molar-refractivity contribution in [2.24, 2.45) is 0 Å². The fraction of sp³-hybridized carbons (Fsp3) is 0.933. The largest absolute Gasteiger partial charge is 0.466 e. The van der Waals surface area contributed by atoms with E-state index in [9.17, 15) is 9.36 Å². The molecule has 0 saturated heterocycles. The zero-order valence-corrected chi connectivity index (χ0v) is 14.3. The number of hydrogen-bond acceptors (Lipinski definition) is 4. The Hall–Kier alpha value is -0.340. The van der Waals surface area contributed by atoms with Gasteiger partial charge >= 0.3 is 5.97 Å². The van der Waals surface area contributed by atoms with Crippen molar-refractivity contribution in [2.45, 2.75) is 65.7 Å². The highest BCUT2D eigenvalue weighted by atomic mass is 31.2. The Balaban J connectivity index is 3.85. The molecule has 0 aromatic carbocycles. The van der Waals surface area contributed by atoms with Crippen LogP contribution < -0.4 is 0 Å². The quantitative estimate of drug-likeness (QED) is 0.283. The summed E-state index contributed by atoms with van der Waals surface area (Å²) in [6, 6.07) is 0. The van der Waals surface area contributed by atoms with Crippen LogP contribution in [0.25, 0.3) is 0 Å². The Kier molecular flexibility index (Phi) is 12.2. The summed E-state index contributed by atoms with van der Waals surface area (Å²) in [5.74, 6) is -0.257. The van der Waals surface area contributed by atoms with Gasteiger partial charge in [0.05, 0.1) is 19.6 Å². The van der Waals surface area contributed by atoms with Crippen molar-refractivity contribution in [3.8, 4) is 0 Å². The highest BCUT2D eigenvalue weighted by Crippen LogP contribution is 2.47. The summed E-state index contributed by atoms with van der Waals surface area (Å²) in [6.45, 7) is 7.08. The van der Waals surface area contributed by atoms with Crippen molar-refractivity contribution in [1.29, 1.82) is 0 Å². The molecule has 0 aliphatic heterocycles. The molecule has 0 aliphatic carbocycles. The number of unbranched alkanes of at least 4 members (excludes halogenated alkanes) is 4. The number of rotatable bonds is 13. The lowest BCUT2D eigenvalue weighted by Crippen LogP contribution is -2.10. The summed E-state index contributed by atoms with van der Waals surface area (Å²) in [5.41, 5.74) is 0. The van der Waals surface area contributed by atoms with Gasteiger partial charge in [-0.15, -0.1) is 0 Å². The Bertz CT molecular complexity index is 292. The van der Waals surface area contributed by atoms with E-state index in [0.717, 1.165) is 38.5 Å². The van der Waals surface area contributed by atoms with E-state index in [2.05, 4.69) is 13.8 Å². The number of carbonyl (C=O) groups is 1.